The predicted molar refractivity (Wildman–Crippen MR) is 55.6 cm³/mol. The summed E-state index contributed by atoms with van der Waals surface area (Å²) in [7, 11) is 1.74. The molecule has 2 heterocycles. The molecule has 0 bridgehead atoms. The Morgan fingerprint density at radius 2 is 2.36 bits per heavy atom. The third-order valence-corrected chi connectivity index (χ3v) is 3.48. The van der Waals surface area contributed by atoms with Gasteiger partial charge in [-0.1, -0.05) is 16.1 Å². The first kappa shape index (κ1) is 10.3. The number of halogens is 1. The van der Waals surface area contributed by atoms with Gasteiger partial charge in [0, 0.05) is 38.3 Å². The summed E-state index contributed by atoms with van der Waals surface area (Å²) < 4.78 is 9.83. The molecule has 1 aromatic heterocycles. The Morgan fingerprint density at radius 3 is 2.86 bits per heavy atom. The number of hydrogen-bond acceptors (Lipinski definition) is 5. The second kappa shape index (κ2) is 3.73. The van der Waals surface area contributed by atoms with Crippen LogP contribution in [-0.2, 0) is 11.3 Å². The zero-order valence-electron chi connectivity index (χ0n) is 8.16. The minimum absolute atomic E-state index is 0.00985. The molecule has 0 unspecified atom stereocenters. The highest BCUT2D eigenvalue weighted by Crippen LogP contribution is 2.27. The maximum atomic E-state index is 5.91. The molecular formula is C8H12ClN3OS. The minimum Gasteiger partial charge on any atom is -0.376 e. The predicted octanol–water partition coefficient (Wildman–Crippen LogP) is 1.41. The lowest BCUT2D eigenvalue weighted by Gasteiger charge is -2.46. The average molecular weight is 234 g/mol. The molecule has 0 amide bonds. The van der Waals surface area contributed by atoms with E-state index in [1.54, 1.807) is 7.11 Å². The lowest BCUT2D eigenvalue weighted by molar-refractivity contribution is -0.114. The lowest BCUT2D eigenvalue weighted by Crippen LogP contribution is -2.60. The van der Waals surface area contributed by atoms with Crippen LogP contribution in [0.4, 0.5) is 0 Å². The first-order valence-electron chi connectivity index (χ1n) is 4.37. The van der Waals surface area contributed by atoms with E-state index >= 15 is 0 Å². The van der Waals surface area contributed by atoms with Gasteiger partial charge in [-0.2, -0.15) is 0 Å². The molecule has 78 valence electrons. The third kappa shape index (κ3) is 1.91. The number of nitrogens with zero attached hydrogens (tertiary/aromatic N) is 3. The van der Waals surface area contributed by atoms with Crippen LogP contribution in [0.5, 0.6) is 0 Å². The van der Waals surface area contributed by atoms with Crippen molar-refractivity contribution < 1.29 is 4.74 Å². The summed E-state index contributed by atoms with van der Waals surface area (Å²) >= 11 is 7.14. The number of rotatable bonds is 3. The number of ether oxygens (including phenoxy) is 1. The average Bonchev–Trinajstić information content (AvgIpc) is 2.49. The molecule has 2 rings (SSSR count). The van der Waals surface area contributed by atoms with E-state index in [0.717, 1.165) is 25.3 Å². The Labute approximate surface area is 92.0 Å². The van der Waals surface area contributed by atoms with Crippen molar-refractivity contribution in [3.63, 3.8) is 0 Å². The minimum atomic E-state index is 0.00985. The van der Waals surface area contributed by atoms with Crippen LogP contribution in [0, 0.1) is 0 Å². The molecular weight excluding hydrogens is 222 g/mol. The second-order valence-corrected chi connectivity index (χ2v) is 5.15. The van der Waals surface area contributed by atoms with Crippen molar-refractivity contribution in [2.45, 2.75) is 19.1 Å². The fourth-order valence-corrected chi connectivity index (χ4v) is 2.26. The van der Waals surface area contributed by atoms with Crippen LogP contribution in [0.2, 0.25) is 4.34 Å². The molecule has 4 nitrogen and oxygen atoms in total. The summed E-state index contributed by atoms with van der Waals surface area (Å²) in [5.41, 5.74) is 0.880. The summed E-state index contributed by atoms with van der Waals surface area (Å²) in [6, 6.07) is 0. The zero-order chi connectivity index (χ0) is 10.2. The van der Waals surface area contributed by atoms with Gasteiger partial charge in [0.15, 0.2) is 0 Å². The molecule has 0 saturated carbocycles. The number of likely N-dealkylation sites (tertiary alicyclic amines) is 1. The van der Waals surface area contributed by atoms with Gasteiger partial charge in [-0.25, -0.2) is 0 Å². The van der Waals surface area contributed by atoms with Crippen molar-refractivity contribution in [1.82, 2.24) is 14.5 Å². The van der Waals surface area contributed by atoms with Gasteiger partial charge in [-0.3, -0.25) is 4.90 Å². The van der Waals surface area contributed by atoms with Gasteiger partial charge < -0.3 is 4.74 Å². The third-order valence-electron chi connectivity index (χ3n) is 2.49. The van der Waals surface area contributed by atoms with Crippen molar-refractivity contribution in [2.24, 2.45) is 0 Å². The fraction of sp³-hybridized carbons (Fsp3) is 0.750. The van der Waals surface area contributed by atoms with E-state index in [4.69, 9.17) is 16.3 Å². The highest BCUT2D eigenvalue weighted by Gasteiger charge is 2.38. The maximum Gasteiger partial charge on any atom is 0.138 e. The Bertz CT molecular complexity index is 324. The van der Waals surface area contributed by atoms with Crippen LogP contribution in [0.3, 0.4) is 0 Å². The first-order valence-corrected chi connectivity index (χ1v) is 5.52. The molecule has 0 N–H and O–H groups in total. The van der Waals surface area contributed by atoms with E-state index in [1.807, 2.05) is 0 Å². The SMILES string of the molecule is COC1(C)CN(Cc2nnsc2Cl)C1. The smallest absolute Gasteiger partial charge is 0.138 e. The monoisotopic (exact) mass is 233 g/mol. The van der Waals surface area contributed by atoms with Gasteiger partial charge in [0.2, 0.25) is 0 Å². The molecule has 6 heteroatoms. The van der Waals surface area contributed by atoms with Gasteiger partial charge in [-0.05, 0) is 6.92 Å². The van der Waals surface area contributed by atoms with Crippen LogP contribution in [0.1, 0.15) is 12.6 Å². The van der Waals surface area contributed by atoms with Crippen LogP contribution in [0.25, 0.3) is 0 Å². The molecule has 1 fully saturated rings. The van der Waals surface area contributed by atoms with Crippen molar-refractivity contribution in [1.29, 1.82) is 0 Å². The second-order valence-electron chi connectivity index (χ2n) is 3.79. The lowest BCUT2D eigenvalue weighted by atomic mass is 9.96. The Kier molecular flexibility index (Phi) is 2.74. The fourth-order valence-electron chi connectivity index (χ4n) is 1.64. The van der Waals surface area contributed by atoms with Gasteiger partial charge in [-0.15, -0.1) is 5.10 Å². The molecule has 0 radical (unpaired) electrons. The molecule has 0 aliphatic carbocycles. The van der Waals surface area contributed by atoms with Gasteiger partial charge in [0.05, 0.1) is 5.60 Å². The van der Waals surface area contributed by atoms with Gasteiger partial charge >= 0.3 is 0 Å². The van der Waals surface area contributed by atoms with Crippen molar-refractivity contribution in [2.75, 3.05) is 20.2 Å². The van der Waals surface area contributed by atoms with Crippen LogP contribution < -0.4 is 0 Å². The topological polar surface area (TPSA) is 38.2 Å². The number of methoxy groups -OCH3 is 1. The molecule has 1 aromatic rings. The Hall–Kier alpha value is -0.230. The molecule has 0 atom stereocenters. The van der Waals surface area contributed by atoms with Crippen LogP contribution in [-0.4, -0.2) is 40.3 Å². The largest absolute Gasteiger partial charge is 0.376 e. The quantitative estimate of drug-likeness (QED) is 0.792. The Balaban J connectivity index is 1.88. The van der Waals surface area contributed by atoms with Gasteiger partial charge in [0.25, 0.3) is 0 Å². The summed E-state index contributed by atoms with van der Waals surface area (Å²) in [4.78, 5) is 2.24. The highest BCUT2D eigenvalue weighted by atomic mass is 35.5. The van der Waals surface area contributed by atoms with E-state index in [1.165, 1.54) is 11.5 Å². The molecule has 14 heavy (non-hydrogen) atoms. The number of aromatic nitrogens is 2. The normalized spacial score (nSPS) is 20.8. The highest BCUT2D eigenvalue weighted by molar-refractivity contribution is 7.10. The van der Waals surface area contributed by atoms with E-state index in [2.05, 4.69) is 21.4 Å². The van der Waals surface area contributed by atoms with Gasteiger partial charge in [0.1, 0.15) is 10.0 Å². The molecule has 1 aliphatic heterocycles. The zero-order valence-corrected chi connectivity index (χ0v) is 9.73. The summed E-state index contributed by atoms with van der Waals surface area (Å²) in [6.45, 7) is 4.73. The van der Waals surface area contributed by atoms with E-state index < -0.39 is 0 Å². The van der Waals surface area contributed by atoms with E-state index in [9.17, 15) is 0 Å². The van der Waals surface area contributed by atoms with Crippen LogP contribution >= 0.6 is 23.1 Å². The number of hydrogen-bond donors (Lipinski definition) is 0. The first-order chi connectivity index (χ1) is 6.63. The summed E-state index contributed by atoms with van der Waals surface area (Å²) in [5, 5.41) is 3.97. The van der Waals surface area contributed by atoms with Crippen LogP contribution in [0.15, 0.2) is 0 Å². The van der Waals surface area contributed by atoms with Crippen molar-refractivity contribution in [3.8, 4) is 0 Å². The molecule has 0 aromatic carbocycles. The summed E-state index contributed by atoms with van der Waals surface area (Å²) in [5.74, 6) is 0. The van der Waals surface area contributed by atoms with Crippen molar-refractivity contribution >= 4 is 23.1 Å². The van der Waals surface area contributed by atoms with E-state index in [0.29, 0.717) is 4.34 Å². The molecule has 1 saturated heterocycles. The van der Waals surface area contributed by atoms with E-state index in [-0.39, 0.29) is 5.60 Å². The maximum absolute atomic E-state index is 5.91. The molecule has 1 aliphatic rings. The van der Waals surface area contributed by atoms with Crippen molar-refractivity contribution in [3.05, 3.63) is 10.0 Å². The summed E-state index contributed by atoms with van der Waals surface area (Å²) in [6.07, 6.45) is 0. The molecule has 0 spiro atoms. The Morgan fingerprint density at radius 1 is 1.64 bits per heavy atom. The standard InChI is InChI=1S/C8H12ClN3OS/c1-8(13-2)4-12(5-8)3-6-7(9)14-11-10-6/h3-5H2,1-2H3.